The van der Waals surface area contributed by atoms with Gasteiger partial charge in [-0.1, -0.05) is 31.2 Å². The monoisotopic (exact) mass is 424 g/mol. The number of hydrogen-bond acceptors (Lipinski definition) is 5. The van der Waals surface area contributed by atoms with Gasteiger partial charge in [-0.3, -0.25) is 4.90 Å². The minimum Gasteiger partial charge on any atom is -0.486 e. The van der Waals surface area contributed by atoms with Crippen LogP contribution in [0.1, 0.15) is 31.0 Å². The van der Waals surface area contributed by atoms with Crippen LogP contribution in [0.3, 0.4) is 0 Å². The molecule has 156 valence electrons. The van der Waals surface area contributed by atoms with Crippen LogP contribution in [0.4, 0.5) is 5.69 Å². The smallest absolute Gasteiger partial charge is 0.337 e. The first kappa shape index (κ1) is 20.2. The summed E-state index contributed by atoms with van der Waals surface area (Å²) in [5.74, 6) is 0.963. The molecule has 0 amide bonds. The first-order valence-electron chi connectivity index (χ1n) is 9.91. The number of esters is 1. The third kappa shape index (κ3) is 3.61. The van der Waals surface area contributed by atoms with Crippen LogP contribution in [0.5, 0.6) is 11.5 Å². The summed E-state index contributed by atoms with van der Waals surface area (Å²) >= 11 is 5.70. The fourth-order valence-electron chi connectivity index (χ4n) is 3.80. The molecule has 0 radical (unpaired) electrons. The zero-order valence-corrected chi connectivity index (χ0v) is 18.0. The van der Waals surface area contributed by atoms with Gasteiger partial charge in [-0.25, -0.2) is 4.79 Å². The van der Waals surface area contributed by atoms with E-state index in [1.807, 2.05) is 42.2 Å². The molecule has 7 heteroatoms. The minimum atomic E-state index is -0.394. The van der Waals surface area contributed by atoms with E-state index in [1.165, 1.54) is 12.7 Å². The fourth-order valence-corrected chi connectivity index (χ4v) is 4.16. The van der Waals surface area contributed by atoms with E-state index in [9.17, 15) is 4.79 Å². The summed E-state index contributed by atoms with van der Waals surface area (Å²) < 4.78 is 16.4. The number of benzene rings is 2. The molecule has 2 heterocycles. The van der Waals surface area contributed by atoms with Crippen molar-refractivity contribution in [2.45, 2.75) is 26.3 Å². The number of methoxy groups -OCH3 is 1. The SMILES string of the molecule is CCc1ccc([C@H]2NC(=S)N(c3ccc4c(c3)OCCO4)C(C)=C2C(=O)OC)cc1. The molecular formula is C23H24N2O4S. The Balaban J connectivity index is 1.78. The van der Waals surface area contributed by atoms with E-state index in [4.69, 9.17) is 26.4 Å². The molecule has 0 spiro atoms. The second-order valence-corrected chi connectivity index (χ2v) is 7.52. The molecule has 2 aromatic rings. The molecule has 1 N–H and O–H groups in total. The Hall–Kier alpha value is -3.06. The van der Waals surface area contributed by atoms with Gasteiger partial charge in [0.2, 0.25) is 0 Å². The number of aryl methyl sites for hydroxylation is 1. The first-order chi connectivity index (χ1) is 14.5. The molecule has 4 rings (SSSR count). The van der Waals surface area contributed by atoms with Crippen LogP contribution in [0, 0.1) is 0 Å². The molecule has 0 bridgehead atoms. The maximum absolute atomic E-state index is 12.8. The quantitative estimate of drug-likeness (QED) is 0.590. The Morgan fingerprint density at radius 2 is 1.87 bits per heavy atom. The number of anilines is 1. The molecule has 2 aromatic carbocycles. The molecule has 0 saturated carbocycles. The summed E-state index contributed by atoms with van der Waals surface area (Å²) in [5.41, 5.74) is 4.21. The van der Waals surface area contributed by atoms with Crippen LogP contribution in [0.15, 0.2) is 53.7 Å². The van der Waals surface area contributed by atoms with Gasteiger partial charge in [-0.05, 0) is 48.8 Å². The van der Waals surface area contributed by atoms with Crippen molar-refractivity contribution in [2.75, 3.05) is 25.2 Å². The van der Waals surface area contributed by atoms with Gasteiger partial charge in [-0.2, -0.15) is 0 Å². The Morgan fingerprint density at radius 1 is 1.17 bits per heavy atom. The van der Waals surface area contributed by atoms with Crippen molar-refractivity contribution in [3.8, 4) is 11.5 Å². The third-order valence-corrected chi connectivity index (χ3v) is 5.70. The number of nitrogens with one attached hydrogen (secondary N) is 1. The van der Waals surface area contributed by atoms with Gasteiger partial charge in [0.25, 0.3) is 0 Å². The lowest BCUT2D eigenvalue weighted by Crippen LogP contribution is -2.48. The van der Waals surface area contributed by atoms with Crippen molar-refractivity contribution < 1.29 is 19.0 Å². The Bertz CT molecular complexity index is 1020. The maximum atomic E-state index is 12.8. The highest BCUT2D eigenvalue weighted by Crippen LogP contribution is 2.38. The number of hydrogen-bond donors (Lipinski definition) is 1. The van der Waals surface area contributed by atoms with Crippen LogP contribution >= 0.6 is 12.2 Å². The van der Waals surface area contributed by atoms with E-state index in [0.29, 0.717) is 41.1 Å². The van der Waals surface area contributed by atoms with Gasteiger partial charge >= 0.3 is 5.97 Å². The molecule has 2 aliphatic rings. The highest BCUT2D eigenvalue weighted by Gasteiger charge is 2.35. The molecule has 2 aliphatic heterocycles. The van der Waals surface area contributed by atoms with E-state index in [0.717, 1.165) is 17.7 Å². The van der Waals surface area contributed by atoms with Crippen LogP contribution < -0.4 is 19.7 Å². The third-order valence-electron chi connectivity index (χ3n) is 5.40. The molecule has 0 fully saturated rings. The van der Waals surface area contributed by atoms with Crippen LogP contribution in [0.25, 0.3) is 0 Å². The normalized spacial score (nSPS) is 18.2. The Morgan fingerprint density at radius 3 is 2.53 bits per heavy atom. The molecule has 0 saturated heterocycles. The Labute approximate surface area is 181 Å². The Kier molecular flexibility index (Phi) is 5.63. The van der Waals surface area contributed by atoms with Crippen molar-refractivity contribution in [2.24, 2.45) is 0 Å². The largest absolute Gasteiger partial charge is 0.486 e. The topological polar surface area (TPSA) is 60.0 Å². The maximum Gasteiger partial charge on any atom is 0.337 e. The molecule has 6 nitrogen and oxygen atoms in total. The molecular weight excluding hydrogens is 400 g/mol. The van der Waals surface area contributed by atoms with Crippen LogP contribution in [-0.2, 0) is 16.0 Å². The van der Waals surface area contributed by atoms with E-state index < -0.39 is 5.97 Å². The predicted octanol–water partition coefficient (Wildman–Crippen LogP) is 3.90. The van der Waals surface area contributed by atoms with Gasteiger partial charge in [0.05, 0.1) is 24.4 Å². The van der Waals surface area contributed by atoms with E-state index >= 15 is 0 Å². The second-order valence-electron chi connectivity index (χ2n) is 7.13. The summed E-state index contributed by atoms with van der Waals surface area (Å²) in [4.78, 5) is 14.6. The molecule has 0 unspecified atom stereocenters. The number of rotatable bonds is 4. The molecule has 0 aromatic heterocycles. The predicted molar refractivity (Wildman–Crippen MR) is 119 cm³/mol. The highest BCUT2D eigenvalue weighted by atomic mass is 32.1. The highest BCUT2D eigenvalue weighted by molar-refractivity contribution is 7.80. The van der Waals surface area contributed by atoms with Crippen molar-refractivity contribution in [3.63, 3.8) is 0 Å². The second kappa shape index (κ2) is 8.36. The number of thiocarbonyl (C=S) groups is 1. The van der Waals surface area contributed by atoms with Crippen LogP contribution in [-0.4, -0.2) is 31.4 Å². The van der Waals surface area contributed by atoms with Crippen molar-refractivity contribution >= 4 is 29.0 Å². The zero-order valence-electron chi connectivity index (χ0n) is 17.2. The zero-order chi connectivity index (χ0) is 21.3. The average Bonchev–Trinajstić information content (AvgIpc) is 2.78. The van der Waals surface area contributed by atoms with E-state index in [1.54, 1.807) is 0 Å². The van der Waals surface area contributed by atoms with E-state index in [2.05, 4.69) is 24.4 Å². The minimum absolute atomic E-state index is 0.385. The number of carbonyl (C=O) groups is 1. The number of allylic oxidation sites excluding steroid dienone is 1. The lowest BCUT2D eigenvalue weighted by atomic mass is 9.94. The number of carbonyl (C=O) groups excluding carboxylic acids is 1. The summed E-state index contributed by atoms with van der Waals surface area (Å²) in [7, 11) is 1.39. The fraction of sp³-hybridized carbons (Fsp3) is 0.304. The summed E-state index contributed by atoms with van der Waals surface area (Å²) in [6.45, 7) is 5.01. The average molecular weight is 425 g/mol. The van der Waals surface area contributed by atoms with Crippen molar-refractivity contribution in [1.82, 2.24) is 5.32 Å². The van der Waals surface area contributed by atoms with Gasteiger partial charge in [0.1, 0.15) is 13.2 Å². The van der Waals surface area contributed by atoms with E-state index in [-0.39, 0.29) is 6.04 Å². The molecule has 30 heavy (non-hydrogen) atoms. The first-order valence-corrected chi connectivity index (χ1v) is 10.3. The summed E-state index contributed by atoms with van der Waals surface area (Å²) in [6.07, 6.45) is 0.952. The van der Waals surface area contributed by atoms with Gasteiger partial charge in [0, 0.05) is 11.8 Å². The lowest BCUT2D eigenvalue weighted by Gasteiger charge is -2.37. The lowest BCUT2D eigenvalue weighted by molar-refractivity contribution is -0.136. The standard InChI is InChI=1S/C23H24N2O4S/c1-4-15-5-7-16(8-6-15)21-20(22(26)27-3)14(2)25(23(30)24-21)17-9-10-18-19(13-17)29-12-11-28-18/h5-10,13,21H,4,11-12H2,1-3H3,(H,24,30)/t21-/m1/s1. The van der Waals surface area contributed by atoms with Gasteiger partial charge < -0.3 is 19.5 Å². The van der Waals surface area contributed by atoms with Crippen molar-refractivity contribution in [1.29, 1.82) is 0 Å². The van der Waals surface area contributed by atoms with Crippen LogP contribution in [0.2, 0.25) is 0 Å². The number of nitrogens with zero attached hydrogens (tertiary/aromatic N) is 1. The van der Waals surface area contributed by atoms with Gasteiger partial charge in [-0.15, -0.1) is 0 Å². The number of fused-ring (bicyclic) bond motifs is 1. The summed E-state index contributed by atoms with van der Waals surface area (Å²) in [5, 5.41) is 3.82. The molecule has 0 aliphatic carbocycles. The summed E-state index contributed by atoms with van der Waals surface area (Å²) in [6, 6.07) is 13.4. The molecule has 1 atom stereocenters. The number of ether oxygens (including phenoxy) is 3. The van der Waals surface area contributed by atoms with Crippen molar-refractivity contribution in [3.05, 3.63) is 64.9 Å². The van der Waals surface area contributed by atoms with Gasteiger partial charge in [0.15, 0.2) is 16.6 Å².